The van der Waals surface area contributed by atoms with Gasteiger partial charge in [0.15, 0.2) is 0 Å². The largest absolute Gasteiger partial charge is 0.110 e. The Bertz CT molecular complexity index is 347. The van der Waals surface area contributed by atoms with Gasteiger partial charge >= 0.3 is 0 Å². The van der Waals surface area contributed by atoms with Crippen LogP contribution in [-0.4, -0.2) is 4.71 Å². The van der Waals surface area contributed by atoms with Gasteiger partial charge in [0.1, 0.15) is 0 Å². The molecule has 0 saturated heterocycles. The van der Waals surface area contributed by atoms with Gasteiger partial charge < -0.3 is 0 Å². The first-order chi connectivity index (χ1) is 6.25. The highest BCUT2D eigenvalue weighted by Crippen LogP contribution is 2.37. The summed E-state index contributed by atoms with van der Waals surface area (Å²) in [7, 11) is 0. The van der Waals surface area contributed by atoms with Crippen LogP contribution in [0.5, 0.6) is 0 Å². The maximum absolute atomic E-state index is 6.08. The van der Waals surface area contributed by atoms with Crippen molar-refractivity contribution >= 4 is 41.0 Å². The molecule has 1 aliphatic rings. The van der Waals surface area contributed by atoms with Gasteiger partial charge in [0.25, 0.3) is 0 Å². The lowest BCUT2D eigenvalue weighted by Gasteiger charge is -2.05. The normalized spacial score (nSPS) is 21.7. The van der Waals surface area contributed by atoms with E-state index in [0.29, 0.717) is 0 Å². The summed E-state index contributed by atoms with van der Waals surface area (Å²) in [6.45, 7) is 0. The molecular formula is C10H8Cl2S. The summed E-state index contributed by atoms with van der Waals surface area (Å²) in [5.74, 6) is 0. The Hall–Kier alpha value is -0.110. The number of thioether (sulfide) groups is 1. The van der Waals surface area contributed by atoms with Crippen LogP contribution in [0.4, 0.5) is 0 Å². The Morgan fingerprint density at radius 3 is 2.92 bits per heavy atom. The van der Waals surface area contributed by atoms with Crippen molar-refractivity contribution < 1.29 is 0 Å². The second-order valence-electron chi connectivity index (χ2n) is 2.86. The number of hydrogen-bond donors (Lipinski definition) is 0. The summed E-state index contributed by atoms with van der Waals surface area (Å²) >= 11 is 13.8. The van der Waals surface area contributed by atoms with Crippen molar-refractivity contribution in [2.24, 2.45) is 0 Å². The minimum Gasteiger partial charge on any atom is -0.110 e. The van der Waals surface area contributed by atoms with Crippen LogP contribution in [-0.2, 0) is 0 Å². The monoisotopic (exact) mass is 230 g/mol. The Balaban J connectivity index is 2.45. The highest BCUT2D eigenvalue weighted by atomic mass is 35.5. The molecule has 1 unspecified atom stereocenters. The zero-order valence-electron chi connectivity index (χ0n) is 6.84. The van der Waals surface area contributed by atoms with Gasteiger partial charge in [-0.15, -0.1) is 23.4 Å². The van der Waals surface area contributed by atoms with Crippen LogP contribution >= 0.6 is 35.0 Å². The molecule has 0 bridgehead atoms. The average molecular weight is 231 g/mol. The zero-order chi connectivity index (χ0) is 9.26. The van der Waals surface area contributed by atoms with Gasteiger partial charge in [-0.25, -0.2) is 0 Å². The van der Waals surface area contributed by atoms with Crippen molar-refractivity contribution in [1.29, 1.82) is 0 Å². The lowest BCUT2D eigenvalue weighted by atomic mass is 10.2. The number of hydrogen-bond acceptors (Lipinski definition) is 1. The van der Waals surface area contributed by atoms with Crippen molar-refractivity contribution in [3.8, 4) is 0 Å². The fourth-order valence-corrected chi connectivity index (χ4v) is 3.12. The van der Waals surface area contributed by atoms with Gasteiger partial charge in [-0.1, -0.05) is 29.8 Å². The first-order valence-corrected chi connectivity index (χ1v) is 5.71. The first kappa shape index (κ1) is 9.45. The zero-order valence-corrected chi connectivity index (χ0v) is 9.16. The van der Waals surface area contributed by atoms with Crippen molar-refractivity contribution in [3.05, 3.63) is 34.9 Å². The lowest BCUT2D eigenvalue weighted by Crippen LogP contribution is -1.88. The Morgan fingerprint density at radius 1 is 1.31 bits per heavy atom. The maximum Gasteiger partial charge on any atom is 0.0884 e. The molecule has 0 fully saturated rings. The van der Waals surface area contributed by atoms with Gasteiger partial charge in [0.2, 0.25) is 0 Å². The molecule has 0 amide bonds. The summed E-state index contributed by atoms with van der Waals surface area (Å²) in [5.41, 5.74) is 1.17. The van der Waals surface area contributed by atoms with E-state index in [0.717, 1.165) is 11.5 Å². The van der Waals surface area contributed by atoms with Crippen molar-refractivity contribution in [2.45, 2.75) is 16.0 Å². The molecule has 0 spiro atoms. The average Bonchev–Trinajstić information content (AvgIpc) is 2.20. The van der Waals surface area contributed by atoms with Crippen molar-refractivity contribution in [3.63, 3.8) is 0 Å². The van der Waals surface area contributed by atoms with E-state index >= 15 is 0 Å². The number of fused-ring (bicyclic) bond motifs is 1. The third-order valence-electron chi connectivity index (χ3n) is 1.84. The van der Waals surface area contributed by atoms with Gasteiger partial charge in [-0.05, 0) is 17.7 Å². The molecule has 1 aromatic carbocycles. The van der Waals surface area contributed by atoms with Gasteiger partial charge in [-0.3, -0.25) is 0 Å². The number of benzene rings is 1. The lowest BCUT2D eigenvalue weighted by molar-refractivity contribution is 1.16. The third kappa shape index (κ3) is 2.22. The van der Waals surface area contributed by atoms with E-state index in [1.54, 1.807) is 11.8 Å². The van der Waals surface area contributed by atoms with Crippen LogP contribution in [0, 0.1) is 0 Å². The number of alkyl halides is 1. The molecule has 13 heavy (non-hydrogen) atoms. The van der Waals surface area contributed by atoms with Gasteiger partial charge in [0.05, 0.1) is 4.71 Å². The number of rotatable bonds is 0. The minimum absolute atomic E-state index is 0.0485. The molecule has 0 aromatic heterocycles. The smallest absolute Gasteiger partial charge is 0.0884 e. The predicted octanol–water partition coefficient (Wildman–Crippen LogP) is 4.33. The van der Waals surface area contributed by atoms with E-state index in [1.807, 2.05) is 18.2 Å². The van der Waals surface area contributed by atoms with E-state index in [1.165, 1.54) is 10.5 Å². The summed E-state index contributed by atoms with van der Waals surface area (Å²) in [6.07, 6.45) is 2.73. The highest BCUT2D eigenvalue weighted by Gasteiger charge is 2.14. The standard InChI is InChI=1S/C10H8Cl2S/c11-8-5-7-3-1-2-4-9(7)13-10(12)6-8/h1-5,10H,6H2. The molecule has 1 atom stereocenters. The van der Waals surface area contributed by atoms with E-state index in [-0.39, 0.29) is 4.71 Å². The van der Waals surface area contributed by atoms with Gasteiger partial charge in [0, 0.05) is 16.3 Å². The minimum atomic E-state index is 0.0485. The molecule has 3 heteroatoms. The molecular weight excluding hydrogens is 223 g/mol. The fraction of sp³-hybridized carbons (Fsp3) is 0.200. The molecule has 68 valence electrons. The number of allylic oxidation sites excluding steroid dienone is 1. The van der Waals surface area contributed by atoms with E-state index in [4.69, 9.17) is 23.2 Å². The summed E-state index contributed by atoms with van der Waals surface area (Å²) < 4.78 is 0.0485. The molecule has 0 radical (unpaired) electrons. The Kier molecular flexibility index (Phi) is 2.87. The third-order valence-corrected chi connectivity index (χ3v) is 3.57. The highest BCUT2D eigenvalue weighted by molar-refractivity contribution is 8.01. The summed E-state index contributed by atoms with van der Waals surface area (Å²) in [6, 6.07) is 8.15. The second-order valence-corrected chi connectivity index (χ2v) is 5.38. The molecule has 0 N–H and O–H groups in total. The molecule has 0 nitrogen and oxygen atoms in total. The quantitative estimate of drug-likeness (QED) is 0.599. The van der Waals surface area contributed by atoms with Crippen LogP contribution < -0.4 is 0 Å². The SMILES string of the molecule is ClC1=Cc2ccccc2SC(Cl)C1. The Labute approximate surface area is 91.9 Å². The second kappa shape index (κ2) is 3.95. The molecule has 0 saturated carbocycles. The predicted molar refractivity (Wildman–Crippen MR) is 60.4 cm³/mol. The van der Waals surface area contributed by atoms with Crippen LogP contribution in [0.3, 0.4) is 0 Å². The topological polar surface area (TPSA) is 0 Å². The molecule has 1 aliphatic heterocycles. The van der Waals surface area contributed by atoms with Crippen LogP contribution in [0.2, 0.25) is 0 Å². The summed E-state index contributed by atoms with van der Waals surface area (Å²) in [4.78, 5) is 1.21. The van der Waals surface area contributed by atoms with E-state index in [9.17, 15) is 0 Å². The first-order valence-electron chi connectivity index (χ1n) is 4.01. The van der Waals surface area contributed by atoms with E-state index < -0.39 is 0 Å². The van der Waals surface area contributed by atoms with E-state index in [2.05, 4.69) is 12.1 Å². The van der Waals surface area contributed by atoms with Gasteiger partial charge in [-0.2, -0.15) is 0 Å². The number of halogens is 2. The van der Waals surface area contributed by atoms with Crippen LogP contribution in [0.15, 0.2) is 34.2 Å². The molecule has 1 heterocycles. The van der Waals surface area contributed by atoms with Crippen LogP contribution in [0.25, 0.3) is 6.08 Å². The van der Waals surface area contributed by atoms with Crippen molar-refractivity contribution in [1.82, 2.24) is 0 Å². The molecule has 1 aromatic rings. The molecule has 2 rings (SSSR count). The summed E-state index contributed by atoms with van der Waals surface area (Å²) in [5, 5.41) is 0.831. The Morgan fingerprint density at radius 2 is 2.08 bits per heavy atom. The maximum atomic E-state index is 6.08. The molecule has 0 aliphatic carbocycles. The van der Waals surface area contributed by atoms with Crippen molar-refractivity contribution in [2.75, 3.05) is 0 Å². The van der Waals surface area contributed by atoms with Crippen LogP contribution in [0.1, 0.15) is 12.0 Å². The fourth-order valence-electron chi connectivity index (χ4n) is 1.27.